The molecule has 1 heterocycles. The van der Waals surface area contributed by atoms with E-state index in [2.05, 4.69) is 15.6 Å². The van der Waals surface area contributed by atoms with Gasteiger partial charge in [-0.2, -0.15) is 0 Å². The largest absolute Gasteiger partial charge is 0.343 e. The molecular weight excluding hydrogens is 310 g/mol. The second kappa shape index (κ2) is 6.58. The Labute approximate surface area is 137 Å². The summed E-state index contributed by atoms with van der Waals surface area (Å²) in [5.74, 6) is -0.538. The average Bonchev–Trinajstić information content (AvgIpc) is 2.92. The second-order valence-corrected chi connectivity index (χ2v) is 6.25. The Morgan fingerprint density at radius 1 is 1.13 bits per heavy atom. The summed E-state index contributed by atoms with van der Waals surface area (Å²) in [5, 5.41) is 6.36. The quantitative estimate of drug-likeness (QED) is 0.775. The molecule has 0 spiro atoms. The Hall–Kier alpha value is -2.73. The molecule has 0 saturated carbocycles. The number of hydrogen-bond donors (Lipinski definition) is 2. The normalized spacial score (nSPS) is 10.5. The van der Waals surface area contributed by atoms with E-state index in [-0.39, 0.29) is 18.4 Å². The molecule has 0 aliphatic heterocycles. The van der Waals surface area contributed by atoms with Crippen LogP contribution in [0.25, 0.3) is 10.2 Å². The Balaban J connectivity index is 1.59. The maximum Gasteiger partial charge on any atom is 0.251 e. The maximum absolute atomic E-state index is 12.0. The fraction of sp³-hybridized carbons (Fsp3) is 0.118. The second-order valence-electron chi connectivity index (χ2n) is 5.01. The Kier molecular flexibility index (Phi) is 4.34. The number of thiazole rings is 1. The molecule has 0 aliphatic carbocycles. The van der Waals surface area contributed by atoms with Crippen molar-refractivity contribution in [1.82, 2.24) is 10.3 Å². The van der Waals surface area contributed by atoms with Gasteiger partial charge in [0.15, 0.2) is 0 Å². The van der Waals surface area contributed by atoms with Crippen LogP contribution in [0.5, 0.6) is 0 Å². The zero-order chi connectivity index (χ0) is 16.2. The lowest BCUT2D eigenvalue weighted by molar-refractivity contribution is -0.115. The first kappa shape index (κ1) is 15.2. The molecule has 3 rings (SSSR count). The summed E-state index contributed by atoms with van der Waals surface area (Å²) in [4.78, 5) is 28.2. The number of anilines is 1. The number of nitrogens with one attached hydrogen (secondary N) is 2. The van der Waals surface area contributed by atoms with Crippen LogP contribution in [0.3, 0.4) is 0 Å². The number of rotatable bonds is 4. The third kappa shape index (κ3) is 3.73. The van der Waals surface area contributed by atoms with E-state index in [0.29, 0.717) is 11.3 Å². The topological polar surface area (TPSA) is 71.1 Å². The molecule has 6 heteroatoms. The highest BCUT2D eigenvalue weighted by atomic mass is 32.1. The molecule has 0 fully saturated rings. The van der Waals surface area contributed by atoms with Gasteiger partial charge in [0, 0.05) is 11.3 Å². The summed E-state index contributed by atoms with van der Waals surface area (Å²) in [5.41, 5.74) is 2.14. The molecule has 0 unspecified atom stereocenters. The van der Waals surface area contributed by atoms with Crippen LogP contribution < -0.4 is 10.6 Å². The van der Waals surface area contributed by atoms with E-state index in [1.54, 1.807) is 41.7 Å². The number of aryl methyl sites for hydroxylation is 1. The standard InChI is InChI=1S/C17H15N3O2S/c1-11-19-14-8-7-13(9-15(14)23-11)20-16(21)10-18-17(22)12-5-3-2-4-6-12/h2-9H,10H2,1H3,(H,18,22)(H,20,21). The molecule has 0 atom stereocenters. The minimum absolute atomic E-state index is 0.0759. The Morgan fingerprint density at radius 3 is 2.70 bits per heavy atom. The number of aromatic nitrogens is 1. The van der Waals surface area contributed by atoms with Crippen molar-refractivity contribution in [1.29, 1.82) is 0 Å². The molecule has 1 aromatic heterocycles. The van der Waals surface area contributed by atoms with Crippen LogP contribution in [0, 0.1) is 6.92 Å². The van der Waals surface area contributed by atoms with E-state index in [4.69, 9.17) is 0 Å². The van der Waals surface area contributed by atoms with E-state index in [1.807, 2.05) is 25.1 Å². The summed E-state index contributed by atoms with van der Waals surface area (Å²) in [6.07, 6.45) is 0. The monoisotopic (exact) mass is 325 g/mol. The van der Waals surface area contributed by atoms with Gasteiger partial charge in [0.05, 0.1) is 21.8 Å². The van der Waals surface area contributed by atoms with Gasteiger partial charge in [-0.25, -0.2) is 4.98 Å². The molecule has 0 aliphatic rings. The fourth-order valence-corrected chi connectivity index (χ4v) is 3.04. The van der Waals surface area contributed by atoms with Crippen molar-refractivity contribution < 1.29 is 9.59 Å². The van der Waals surface area contributed by atoms with Crippen LogP contribution in [0.1, 0.15) is 15.4 Å². The number of carbonyl (C=O) groups is 2. The summed E-state index contributed by atoms with van der Waals surface area (Å²) >= 11 is 1.58. The Morgan fingerprint density at radius 2 is 1.91 bits per heavy atom. The molecule has 2 N–H and O–H groups in total. The van der Waals surface area contributed by atoms with Crippen LogP contribution in [-0.2, 0) is 4.79 Å². The van der Waals surface area contributed by atoms with Gasteiger partial charge in [0.25, 0.3) is 5.91 Å². The van der Waals surface area contributed by atoms with Gasteiger partial charge < -0.3 is 10.6 Å². The molecule has 2 aromatic carbocycles. The minimum atomic E-state index is -0.269. The van der Waals surface area contributed by atoms with Crippen molar-refractivity contribution in [3.8, 4) is 0 Å². The van der Waals surface area contributed by atoms with Crippen molar-refractivity contribution in [2.75, 3.05) is 11.9 Å². The van der Waals surface area contributed by atoms with Crippen LogP contribution in [0.4, 0.5) is 5.69 Å². The van der Waals surface area contributed by atoms with Crippen LogP contribution in [-0.4, -0.2) is 23.3 Å². The SMILES string of the molecule is Cc1nc2ccc(NC(=O)CNC(=O)c3ccccc3)cc2s1. The van der Waals surface area contributed by atoms with E-state index in [1.165, 1.54) is 0 Å². The van der Waals surface area contributed by atoms with Gasteiger partial charge in [-0.15, -0.1) is 11.3 Å². The molecular formula is C17H15N3O2S. The first-order valence-corrected chi connectivity index (χ1v) is 7.94. The zero-order valence-electron chi connectivity index (χ0n) is 12.5. The van der Waals surface area contributed by atoms with Gasteiger partial charge in [-0.1, -0.05) is 18.2 Å². The Bertz CT molecular complexity index is 859. The van der Waals surface area contributed by atoms with Crippen molar-refractivity contribution in [3.63, 3.8) is 0 Å². The first-order valence-electron chi connectivity index (χ1n) is 7.12. The van der Waals surface area contributed by atoms with Gasteiger partial charge in [-0.3, -0.25) is 9.59 Å². The predicted molar refractivity (Wildman–Crippen MR) is 91.8 cm³/mol. The van der Waals surface area contributed by atoms with E-state index in [9.17, 15) is 9.59 Å². The lowest BCUT2D eigenvalue weighted by Gasteiger charge is -2.07. The van der Waals surface area contributed by atoms with E-state index in [0.717, 1.165) is 15.2 Å². The number of hydrogen-bond acceptors (Lipinski definition) is 4. The van der Waals surface area contributed by atoms with Crippen LogP contribution in [0.2, 0.25) is 0 Å². The summed E-state index contributed by atoms with van der Waals surface area (Å²) in [6, 6.07) is 14.4. The van der Waals surface area contributed by atoms with Gasteiger partial charge in [0.1, 0.15) is 0 Å². The molecule has 3 aromatic rings. The van der Waals surface area contributed by atoms with Gasteiger partial charge >= 0.3 is 0 Å². The van der Waals surface area contributed by atoms with Crippen molar-refractivity contribution >= 4 is 39.1 Å². The molecule has 0 radical (unpaired) electrons. The highest BCUT2D eigenvalue weighted by Crippen LogP contribution is 2.24. The maximum atomic E-state index is 12.0. The number of benzene rings is 2. The van der Waals surface area contributed by atoms with E-state index >= 15 is 0 Å². The number of amides is 2. The van der Waals surface area contributed by atoms with Crippen LogP contribution >= 0.6 is 11.3 Å². The molecule has 0 saturated heterocycles. The van der Waals surface area contributed by atoms with Crippen molar-refractivity contribution in [2.45, 2.75) is 6.92 Å². The van der Waals surface area contributed by atoms with Crippen LogP contribution in [0.15, 0.2) is 48.5 Å². The predicted octanol–water partition coefficient (Wildman–Crippen LogP) is 2.97. The molecule has 5 nitrogen and oxygen atoms in total. The lowest BCUT2D eigenvalue weighted by Crippen LogP contribution is -2.32. The molecule has 23 heavy (non-hydrogen) atoms. The van der Waals surface area contributed by atoms with Crippen molar-refractivity contribution in [3.05, 3.63) is 59.1 Å². The highest BCUT2D eigenvalue weighted by Gasteiger charge is 2.08. The summed E-state index contributed by atoms with van der Waals surface area (Å²) in [6.45, 7) is 1.87. The number of nitrogens with zero attached hydrogens (tertiary/aromatic N) is 1. The van der Waals surface area contributed by atoms with Crippen molar-refractivity contribution in [2.24, 2.45) is 0 Å². The average molecular weight is 325 g/mol. The molecule has 0 bridgehead atoms. The molecule has 2 amide bonds. The molecule has 116 valence electrons. The highest BCUT2D eigenvalue weighted by molar-refractivity contribution is 7.18. The zero-order valence-corrected chi connectivity index (χ0v) is 13.3. The number of carbonyl (C=O) groups excluding carboxylic acids is 2. The first-order chi connectivity index (χ1) is 11.1. The lowest BCUT2D eigenvalue weighted by atomic mass is 10.2. The minimum Gasteiger partial charge on any atom is -0.343 e. The third-order valence-corrected chi connectivity index (χ3v) is 4.16. The van der Waals surface area contributed by atoms with Gasteiger partial charge in [-0.05, 0) is 37.3 Å². The number of fused-ring (bicyclic) bond motifs is 1. The van der Waals surface area contributed by atoms with E-state index < -0.39 is 0 Å². The van der Waals surface area contributed by atoms with Gasteiger partial charge in [0.2, 0.25) is 5.91 Å². The smallest absolute Gasteiger partial charge is 0.251 e. The summed E-state index contributed by atoms with van der Waals surface area (Å²) in [7, 11) is 0. The summed E-state index contributed by atoms with van der Waals surface area (Å²) < 4.78 is 1.02. The fourth-order valence-electron chi connectivity index (χ4n) is 2.17. The third-order valence-electron chi connectivity index (χ3n) is 3.22.